The highest BCUT2D eigenvalue weighted by atomic mass is 16.6. The number of aliphatic hydroxyl groups excluding tert-OH is 1. The van der Waals surface area contributed by atoms with Gasteiger partial charge in [-0.2, -0.15) is 0 Å². The van der Waals surface area contributed by atoms with Crippen LogP contribution in [0.1, 0.15) is 86.0 Å². The summed E-state index contributed by atoms with van der Waals surface area (Å²) in [5, 5.41) is 25.2. The van der Waals surface area contributed by atoms with E-state index in [2.05, 4.69) is 6.58 Å². The quantitative estimate of drug-likeness (QED) is 0.221. The van der Waals surface area contributed by atoms with Crippen molar-refractivity contribution in [1.29, 1.82) is 0 Å². The van der Waals surface area contributed by atoms with Gasteiger partial charge in [-0.1, -0.05) is 71.5 Å². The molecule has 2 aliphatic rings. The molecule has 0 radical (unpaired) electrons. The standard InChI is InChI=1S/C39H52O14/c1-20(2)35(45)51-31-22(4)30(48-23(5)40)28-33(52-36(46)27-15-13-12-14-16-27)38(11,53-26(8)43)19-39(28,47)32(49-24(6)41)21(3)17-18-37(9,10)34(29(31)44)50-25(7)42/h12-18,20-21,28-34,44,47H,4,19H2,1-3,5-11H3/t21?,28-,29?,30?,31?,32?,33?,34?,38-,39-/m1/s1. The normalized spacial score (nSPS) is 32.6. The van der Waals surface area contributed by atoms with Crippen LogP contribution < -0.4 is 0 Å². The Morgan fingerprint density at radius 1 is 0.774 bits per heavy atom. The number of benzene rings is 1. The van der Waals surface area contributed by atoms with Gasteiger partial charge in [-0.3, -0.25) is 24.0 Å². The smallest absolute Gasteiger partial charge is 0.338 e. The molecule has 0 aromatic heterocycles. The first kappa shape index (κ1) is 42.8. The Hall–Kier alpha value is -4.56. The van der Waals surface area contributed by atoms with Crippen LogP contribution in [0.3, 0.4) is 0 Å². The monoisotopic (exact) mass is 744 g/mol. The van der Waals surface area contributed by atoms with Crippen LogP contribution in [0.25, 0.3) is 0 Å². The molecule has 14 nitrogen and oxygen atoms in total. The van der Waals surface area contributed by atoms with E-state index in [-0.39, 0.29) is 11.1 Å². The van der Waals surface area contributed by atoms with E-state index in [0.29, 0.717) is 0 Å². The number of ether oxygens (including phenoxy) is 6. The Labute approximate surface area is 309 Å². The fraction of sp³-hybridized carbons (Fsp3) is 0.590. The van der Waals surface area contributed by atoms with Gasteiger partial charge < -0.3 is 38.6 Å². The molecule has 7 unspecified atom stereocenters. The molecule has 0 saturated heterocycles. The van der Waals surface area contributed by atoms with Crippen LogP contribution in [0.4, 0.5) is 0 Å². The predicted molar refractivity (Wildman–Crippen MR) is 187 cm³/mol. The minimum absolute atomic E-state index is 0.0857. The fourth-order valence-corrected chi connectivity index (χ4v) is 7.30. The summed E-state index contributed by atoms with van der Waals surface area (Å²) in [4.78, 5) is 78.0. The molecule has 14 heteroatoms. The van der Waals surface area contributed by atoms with Crippen molar-refractivity contribution in [2.45, 2.75) is 123 Å². The van der Waals surface area contributed by atoms with E-state index in [1.807, 2.05) is 0 Å². The summed E-state index contributed by atoms with van der Waals surface area (Å²) >= 11 is 0. The number of hydrogen-bond acceptors (Lipinski definition) is 14. The fourth-order valence-electron chi connectivity index (χ4n) is 7.30. The van der Waals surface area contributed by atoms with E-state index >= 15 is 0 Å². The molecule has 0 spiro atoms. The van der Waals surface area contributed by atoms with Gasteiger partial charge in [0.25, 0.3) is 0 Å². The third-order valence-corrected chi connectivity index (χ3v) is 9.56. The molecule has 1 aromatic carbocycles. The molecular weight excluding hydrogens is 692 g/mol. The second kappa shape index (κ2) is 16.6. The largest absolute Gasteiger partial charge is 0.459 e. The molecule has 2 N–H and O–H groups in total. The average molecular weight is 745 g/mol. The van der Waals surface area contributed by atoms with Gasteiger partial charge in [-0.05, 0) is 19.1 Å². The lowest BCUT2D eigenvalue weighted by molar-refractivity contribution is -0.194. The van der Waals surface area contributed by atoms with Crippen molar-refractivity contribution >= 4 is 35.8 Å². The highest BCUT2D eigenvalue weighted by Crippen LogP contribution is 2.54. The Bertz CT molecular complexity index is 1600. The third-order valence-electron chi connectivity index (χ3n) is 9.56. The predicted octanol–water partition coefficient (Wildman–Crippen LogP) is 3.80. The Morgan fingerprint density at radius 2 is 1.32 bits per heavy atom. The zero-order valence-electron chi connectivity index (χ0n) is 31.9. The maximum Gasteiger partial charge on any atom is 0.338 e. The van der Waals surface area contributed by atoms with Crippen LogP contribution >= 0.6 is 0 Å². The molecule has 0 amide bonds. The second-order valence-corrected chi connectivity index (χ2v) is 15.0. The summed E-state index contributed by atoms with van der Waals surface area (Å²) in [6.07, 6.45) is -7.41. The summed E-state index contributed by atoms with van der Waals surface area (Å²) < 4.78 is 35.1. The highest BCUT2D eigenvalue weighted by Gasteiger charge is 2.70. The maximum absolute atomic E-state index is 13.8. The number of carbonyl (C=O) groups is 6. The number of esters is 6. The molecule has 1 fully saturated rings. The van der Waals surface area contributed by atoms with Gasteiger partial charge in [0.15, 0.2) is 12.2 Å². The maximum atomic E-state index is 13.8. The number of aliphatic hydroxyl groups is 2. The molecule has 0 heterocycles. The number of fused-ring (bicyclic) bond motifs is 1. The Kier molecular flexibility index (Phi) is 13.4. The van der Waals surface area contributed by atoms with Gasteiger partial charge in [0.05, 0.1) is 17.4 Å². The van der Waals surface area contributed by atoms with E-state index in [0.717, 1.165) is 27.7 Å². The lowest BCUT2D eigenvalue weighted by atomic mass is 9.71. The molecule has 1 saturated carbocycles. The molecule has 292 valence electrons. The number of carbonyl (C=O) groups excluding carboxylic acids is 6. The van der Waals surface area contributed by atoms with Crippen LogP contribution in [0.2, 0.25) is 0 Å². The SMILES string of the molecule is C=C1C(OC(=O)C(C)C)C(O)C(OC(C)=O)C(C)(C)C=CC(C)C(OC(C)=O)[C@@]2(O)C[C@@](C)(OC(C)=O)C(OC(=O)c3ccccc3)[C@H]2C1OC(C)=O. The van der Waals surface area contributed by atoms with Crippen molar-refractivity contribution in [3.05, 3.63) is 60.2 Å². The minimum Gasteiger partial charge on any atom is -0.459 e. The van der Waals surface area contributed by atoms with Gasteiger partial charge in [-0.25, -0.2) is 4.79 Å². The van der Waals surface area contributed by atoms with Crippen LogP contribution in [0, 0.1) is 23.2 Å². The van der Waals surface area contributed by atoms with Crippen molar-refractivity contribution < 1.29 is 67.4 Å². The molecule has 0 aliphatic heterocycles. The summed E-state index contributed by atoms with van der Waals surface area (Å²) in [5.41, 5.74) is -5.69. The first-order chi connectivity index (χ1) is 24.4. The van der Waals surface area contributed by atoms with Crippen LogP contribution in [0.5, 0.6) is 0 Å². The molecule has 1 aromatic rings. The molecule has 3 rings (SSSR count). The summed E-state index contributed by atoms with van der Waals surface area (Å²) in [7, 11) is 0. The van der Waals surface area contributed by atoms with Crippen molar-refractivity contribution in [2.75, 3.05) is 0 Å². The van der Waals surface area contributed by atoms with Crippen molar-refractivity contribution in [2.24, 2.45) is 23.2 Å². The van der Waals surface area contributed by atoms with Crippen molar-refractivity contribution in [1.82, 2.24) is 0 Å². The zero-order chi connectivity index (χ0) is 40.2. The lowest BCUT2D eigenvalue weighted by Gasteiger charge is -2.45. The molecular formula is C39H52O14. The Balaban J connectivity index is 2.51. The Morgan fingerprint density at radius 3 is 1.83 bits per heavy atom. The van der Waals surface area contributed by atoms with E-state index in [1.54, 1.807) is 51.1 Å². The summed E-state index contributed by atoms with van der Waals surface area (Å²) in [5.74, 6) is -8.37. The highest BCUT2D eigenvalue weighted by molar-refractivity contribution is 5.89. The van der Waals surface area contributed by atoms with E-state index in [9.17, 15) is 39.0 Å². The molecule has 0 bridgehead atoms. The van der Waals surface area contributed by atoms with Crippen LogP contribution in [-0.2, 0) is 52.4 Å². The van der Waals surface area contributed by atoms with Gasteiger partial charge in [0.1, 0.15) is 35.6 Å². The summed E-state index contributed by atoms with van der Waals surface area (Å²) in [6.45, 7) is 17.9. The van der Waals surface area contributed by atoms with Gasteiger partial charge in [0, 0.05) is 51.0 Å². The molecule has 10 atom stereocenters. The summed E-state index contributed by atoms with van der Waals surface area (Å²) in [6, 6.07) is 7.80. The van der Waals surface area contributed by atoms with E-state index in [1.165, 1.54) is 32.9 Å². The molecule has 2 aliphatic carbocycles. The molecule has 53 heavy (non-hydrogen) atoms. The van der Waals surface area contributed by atoms with Gasteiger partial charge in [-0.15, -0.1) is 0 Å². The lowest BCUT2D eigenvalue weighted by Crippen LogP contribution is -2.59. The van der Waals surface area contributed by atoms with E-state index < -0.39 is 113 Å². The second-order valence-electron chi connectivity index (χ2n) is 15.0. The van der Waals surface area contributed by atoms with Crippen molar-refractivity contribution in [3.63, 3.8) is 0 Å². The van der Waals surface area contributed by atoms with E-state index in [4.69, 9.17) is 28.4 Å². The average Bonchev–Trinajstić information content (AvgIpc) is 3.26. The van der Waals surface area contributed by atoms with Crippen LogP contribution in [0.15, 0.2) is 54.6 Å². The minimum atomic E-state index is -2.36. The van der Waals surface area contributed by atoms with Gasteiger partial charge in [0.2, 0.25) is 0 Å². The van der Waals surface area contributed by atoms with Crippen molar-refractivity contribution in [3.8, 4) is 0 Å². The number of hydrogen-bond donors (Lipinski definition) is 2. The van der Waals surface area contributed by atoms with Gasteiger partial charge >= 0.3 is 35.8 Å². The number of rotatable bonds is 8. The van der Waals surface area contributed by atoms with Crippen LogP contribution in [-0.4, -0.2) is 93.9 Å². The third kappa shape index (κ3) is 9.71. The first-order valence-electron chi connectivity index (χ1n) is 17.4. The first-order valence-corrected chi connectivity index (χ1v) is 17.4. The topological polar surface area (TPSA) is 198 Å². The zero-order valence-corrected chi connectivity index (χ0v) is 31.9.